The molecule has 26 heavy (non-hydrogen) atoms. The van der Waals surface area contributed by atoms with E-state index in [0.29, 0.717) is 0 Å². The van der Waals surface area contributed by atoms with E-state index < -0.39 is 18.2 Å². The summed E-state index contributed by atoms with van der Waals surface area (Å²) in [5.74, 6) is 0.731. The maximum atomic E-state index is 12.5. The molecule has 1 aromatic rings. The zero-order valence-electron chi connectivity index (χ0n) is 15.4. The van der Waals surface area contributed by atoms with Gasteiger partial charge in [-0.2, -0.15) is 0 Å². The van der Waals surface area contributed by atoms with Crippen LogP contribution >= 0.6 is 0 Å². The molecular weight excluding hydrogens is 336 g/mol. The third kappa shape index (κ3) is 3.21. The lowest BCUT2D eigenvalue weighted by Gasteiger charge is -2.30. The second kappa shape index (κ2) is 7.27. The molecule has 0 saturated heterocycles. The molecular formula is C19H24N2O5. The summed E-state index contributed by atoms with van der Waals surface area (Å²) in [5, 5.41) is 1.19. The number of aryl methyl sites for hydroxylation is 2. The van der Waals surface area contributed by atoms with Crippen molar-refractivity contribution < 1.29 is 23.8 Å². The van der Waals surface area contributed by atoms with Gasteiger partial charge < -0.3 is 14.2 Å². The molecule has 0 unspecified atom stereocenters. The van der Waals surface area contributed by atoms with Crippen LogP contribution in [0.1, 0.15) is 36.5 Å². The van der Waals surface area contributed by atoms with Crippen molar-refractivity contribution in [3.05, 3.63) is 41.0 Å². The first-order valence-electron chi connectivity index (χ1n) is 8.81. The number of rotatable bonds is 3. The number of nitrogens with zero attached hydrogens (tertiary/aromatic N) is 1. The fraction of sp³-hybridized carbons (Fsp3) is 0.474. The first kappa shape index (κ1) is 18.1. The molecule has 0 saturated carbocycles. The Labute approximate surface area is 152 Å². The fourth-order valence-corrected chi connectivity index (χ4v) is 3.61. The average Bonchev–Trinajstić information content (AvgIpc) is 3.13. The van der Waals surface area contributed by atoms with Gasteiger partial charge in [-0.3, -0.25) is 0 Å². The van der Waals surface area contributed by atoms with Gasteiger partial charge in [0.1, 0.15) is 11.9 Å². The molecule has 7 nitrogen and oxygen atoms in total. The van der Waals surface area contributed by atoms with Crippen LogP contribution in [0.25, 0.3) is 0 Å². The van der Waals surface area contributed by atoms with Gasteiger partial charge >= 0.3 is 12.2 Å². The molecule has 3 atom stereocenters. The highest BCUT2D eigenvalue weighted by molar-refractivity contribution is 5.75. The summed E-state index contributed by atoms with van der Waals surface area (Å²) in [6.07, 6.45) is 2.27. The van der Waals surface area contributed by atoms with E-state index in [9.17, 15) is 9.59 Å². The Hall–Kier alpha value is -2.70. The van der Waals surface area contributed by atoms with Crippen LogP contribution in [0.15, 0.2) is 24.3 Å². The Morgan fingerprint density at radius 1 is 1.15 bits per heavy atom. The number of carbonyl (C=O) groups excluding carboxylic acids is 2. The molecule has 1 heterocycles. The lowest BCUT2D eigenvalue weighted by atomic mass is 9.90. The van der Waals surface area contributed by atoms with Gasteiger partial charge in [-0.25, -0.2) is 20.0 Å². The van der Waals surface area contributed by atoms with Gasteiger partial charge in [0.05, 0.1) is 25.2 Å². The summed E-state index contributed by atoms with van der Waals surface area (Å²) in [4.78, 5) is 24.4. The number of benzene rings is 1. The molecule has 0 fully saturated rings. The predicted molar refractivity (Wildman–Crippen MR) is 95.0 cm³/mol. The highest BCUT2D eigenvalue weighted by Crippen LogP contribution is 2.47. The topological polar surface area (TPSA) is 77.1 Å². The molecule has 0 radical (unpaired) electrons. The zero-order valence-corrected chi connectivity index (χ0v) is 15.4. The molecule has 2 aliphatic rings. The van der Waals surface area contributed by atoms with Crippen molar-refractivity contribution in [2.75, 3.05) is 13.2 Å². The molecule has 2 amide bonds. The van der Waals surface area contributed by atoms with Crippen LogP contribution in [0.2, 0.25) is 0 Å². The Morgan fingerprint density at radius 3 is 2.58 bits per heavy atom. The van der Waals surface area contributed by atoms with Crippen LogP contribution in [-0.4, -0.2) is 42.6 Å². The molecule has 1 aliphatic heterocycles. The molecule has 0 spiro atoms. The molecule has 1 N–H and O–H groups in total. The SMILES string of the molecule is CCOC(=O)NN(C(=O)OCC)[C@@H]1C=C[C@H]2Oc3c(C)cc(C)cc3[C@@H]12. The van der Waals surface area contributed by atoms with Gasteiger partial charge in [-0.15, -0.1) is 0 Å². The van der Waals surface area contributed by atoms with E-state index in [2.05, 4.69) is 17.6 Å². The van der Waals surface area contributed by atoms with Crippen molar-refractivity contribution in [3.8, 4) is 5.75 Å². The van der Waals surface area contributed by atoms with E-state index >= 15 is 0 Å². The Kier molecular flexibility index (Phi) is 5.06. The predicted octanol–water partition coefficient (Wildman–Crippen LogP) is 3.21. The molecule has 3 rings (SSSR count). The summed E-state index contributed by atoms with van der Waals surface area (Å²) in [5.41, 5.74) is 5.72. The molecule has 7 heteroatoms. The van der Waals surface area contributed by atoms with Crippen molar-refractivity contribution in [1.82, 2.24) is 10.4 Å². The lowest BCUT2D eigenvalue weighted by molar-refractivity contribution is 0.0568. The Morgan fingerprint density at radius 2 is 1.88 bits per heavy atom. The number of hydrogen-bond acceptors (Lipinski definition) is 5. The maximum Gasteiger partial charge on any atom is 0.429 e. The molecule has 1 aromatic carbocycles. The van der Waals surface area contributed by atoms with Gasteiger partial charge in [0, 0.05) is 5.56 Å². The number of nitrogens with one attached hydrogen (secondary N) is 1. The maximum absolute atomic E-state index is 12.5. The minimum Gasteiger partial charge on any atom is -0.485 e. The van der Waals surface area contributed by atoms with E-state index in [0.717, 1.165) is 22.4 Å². The van der Waals surface area contributed by atoms with Crippen LogP contribution in [0.4, 0.5) is 9.59 Å². The number of ether oxygens (including phenoxy) is 3. The van der Waals surface area contributed by atoms with Crippen molar-refractivity contribution in [1.29, 1.82) is 0 Å². The first-order valence-corrected chi connectivity index (χ1v) is 8.81. The summed E-state index contributed by atoms with van der Waals surface area (Å²) < 4.78 is 16.1. The van der Waals surface area contributed by atoms with Crippen LogP contribution in [0, 0.1) is 13.8 Å². The highest BCUT2D eigenvalue weighted by Gasteiger charge is 2.46. The number of amides is 2. The monoisotopic (exact) mass is 360 g/mol. The average molecular weight is 360 g/mol. The summed E-state index contributed by atoms with van der Waals surface area (Å²) in [7, 11) is 0. The van der Waals surface area contributed by atoms with Gasteiger partial charge in [-0.05, 0) is 39.3 Å². The van der Waals surface area contributed by atoms with Crippen molar-refractivity contribution in [2.45, 2.75) is 45.8 Å². The minimum absolute atomic E-state index is 0.116. The zero-order chi connectivity index (χ0) is 18.8. The summed E-state index contributed by atoms with van der Waals surface area (Å²) >= 11 is 0. The summed E-state index contributed by atoms with van der Waals surface area (Å²) in [6, 6.07) is 3.71. The number of hydrazine groups is 1. The Balaban J connectivity index is 1.92. The van der Waals surface area contributed by atoms with Crippen LogP contribution in [0.3, 0.4) is 0 Å². The van der Waals surface area contributed by atoms with Crippen LogP contribution in [0.5, 0.6) is 5.75 Å². The highest BCUT2D eigenvalue weighted by atomic mass is 16.6. The standard InChI is InChI=1S/C19H24N2O5/c1-5-24-18(22)20-21(19(23)25-6-2)14-7-8-15-16(14)13-10-11(3)9-12(4)17(13)26-15/h7-10,14-16H,5-6H2,1-4H3,(H,20,22)/t14-,15-,16+/m1/s1. The molecule has 1 aliphatic carbocycles. The largest absolute Gasteiger partial charge is 0.485 e. The quantitative estimate of drug-likeness (QED) is 0.662. The van der Waals surface area contributed by atoms with Gasteiger partial charge in [0.2, 0.25) is 0 Å². The number of carbonyl (C=O) groups is 2. The molecule has 0 aromatic heterocycles. The Bertz CT molecular complexity index is 746. The second-order valence-electron chi connectivity index (χ2n) is 6.39. The van der Waals surface area contributed by atoms with Crippen LogP contribution in [-0.2, 0) is 9.47 Å². The lowest BCUT2D eigenvalue weighted by Crippen LogP contribution is -2.53. The molecule has 140 valence electrons. The third-order valence-electron chi connectivity index (χ3n) is 4.53. The third-order valence-corrected chi connectivity index (χ3v) is 4.53. The smallest absolute Gasteiger partial charge is 0.429 e. The second-order valence-corrected chi connectivity index (χ2v) is 6.39. The van der Waals surface area contributed by atoms with Gasteiger partial charge in [0.15, 0.2) is 0 Å². The van der Waals surface area contributed by atoms with E-state index in [1.165, 1.54) is 5.01 Å². The number of fused-ring (bicyclic) bond motifs is 3. The summed E-state index contributed by atoms with van der Waals surface area (Å²) in [6.45, 7) is 7.86. The fourth-order valence-electron chi connectivity index (χ4n) is 3.61. The van der Waals surface area contributed by atoms with E-state index in [1.807, 2.05) is 26.0 Å². The van der Waals surface area contributed by atoms with Crippen LogP contribution < -0.4 is 10.2 Å². The van der Waals surface area contributed by atoms with E-state index in [-0.39, 0.29) is 25.2 Å². The van der Waals surface area contributed by atoms with Gasteiger partial charge in [-0.1, -0.05) is 23.8 Å². The first-order chi connectivity index (χ1) is 12.5. The van der Waals surface area contributed by atoms with E-state index in [4.69, 9.17) is 14.2 Å². The molecule has 0 bridgehead atoms. The minimum atomic E-state index is -0.697. The normalized spacial score (nSPS) is 22.2. The van der Waals surface area contributed by atoms with E-state index in [1.54, 1.807) is 13.8 Å². The van der Waals surface area contributed by atoms with Crippen molar-refractivity contribution in [2.24, 2.45) is 0 Å². The van der Waals surface area contributed by atoms with Crippen molar-refractivity contribution in [3.63, 3.8) is 0 Å². The number of hydrogen-bond donors (Lipinski definition) is 1. The van der Waals surface area contributed by atoms with Crippen molar-refractivity contribution >= 4 is 12.2 Å². The van der Waals surface area contributed by atoms with Gasteiger partial charge in [0.25, 0.3) is 0 Å².